The van der Waals surface area contributed by atoms with Gasteiger partial charge in [-0.1, -0.05) is 166 Å². The van der Waals surface area contributed by atoms with Crippen LogP contribution in [-0.4, -0.2) is 43.3 Å². The Morgan fingerprint density at radius 3 is 1.63 bits per heavy atom. The van der Waals surface area contributed by atoms with Gasteiger partial charge in [0.25, 0.3) is 0 Å². The van der Waals surface area contributed by atoms with Crippen molar-refractivity contribution in [3.05, 3.63) is 48.8 Å². The Hall–Kier alpha value is -1.70. The molecule has 0 aliphatic heterocycles. The molecule has 52 heavy (non-hydrogen) atoms. The predicted molar refractivity (Wildman–Crippen MR) is 219 cm³/mol. The Morgan fingerprint density at radius 1 is 0.615 bits per heavy atom. The lowest BCUT2D eigenvalue weighted by atomic mass is 10.0. The van der Waals surface area contributed by atoms with E-state index in [2.05, 4.69) is 50.3 Å². The number of carbonyl (C=O) groups is 1. The lowest BCUT2D eigenvalue weighted by Crippen LogP contribution is -2.27. The number of ether oxygens (including phenoxy) is 2. The van der Waals surface area contributed by atoms with Crippen LogP contribution in [0.1, 0.15) is 187 Å². The molecule has 3 N–H and O–H groups in total. The first-order valence-electron chi connectivity index (χ1n) is 21.2. The van der Waals surface area contributed by atoms with Gasteiger partial charge in [-0.2, -0.15) is 0 Å². The van der Waals surface area contributed by atoms with Gasteiger partial charge in [0.15, 0.2) is 6.10 Å². The number of nitrogens with two attached hydrogens (primary N) is 1. The average Bonchev–Trinajstić information content (AvgIpc) is 3.13. The molecule has 0 aliphatic rings. The summed E-state index contributed by atoms with van der Waals surface area (Å²) in [5, 5.41) is 0. The molecule has 2 atom stereocenters. The topological polar surface area (TPSA) is 117 Å². The predicted octanol–water partition coefficient (Wildman–Crippen LogP) is 12.8. The fourth-order valence-electron chi connectivity index (χ4n) is 5.74. The van der Waals surface area contributed by atoms with Gasteiger partial charge in [0.05, 0.1) is 19.5 Å². The molecule has 0 aromatic heterocycles. The summed E-state index contributed by atoms with van der Waals surface area (Å²) in [6.45, 7) is 4.11. The zero-order valence-corrected chi connectivity index (χ0v) is 34.4. The number of esters is 1. The lowest BCUT2D eigenvalue weighted by molar-refractivity contribution is -0.153. The number of carbonyl (C=O) groups excluding carboxylic acids is 1. The molecule has 0 aliphatic carbocycles. The summed E-state index contributed by atoms with van der Waals surface area (Å²) < 4.78 is 33.1. The smallest absolute Gasteiger partial charge is 0.472 e. The largest absolute Gasteiger partial charge is 0.498 e. The Bertz CT molecular complexity index is 936. The third-order valence-electron chi connectivity index (χ3n) is 8.82. The van der Waals surface area contributed by atoms with Crippen LogP contribution in [0.4, 0.5) is 0 Å². The fourth-order valence-corrected chi connectivity index (χ4v) is 6.51. The summed E-state index contributed by atoms with van der Waals surface area (Å²) in [5.74, 6) is -0.369. The normalized spacial score (nSPS) is 13.9. The van der Waals surface area contributed by atoms with Crippen LogP contribution >= 0.6 is 7.82 Å². The van der Waals surface area contributed by atoms with Crippen molar-refractivity contribution in [2.45, 2.75) is 193 Å². The van der Waals surface area contributed by atoms with Crippen LogP contribution in [0.2, 0.25) is 0 Å². The highest BCUT2D eigenvalue weighted by Gasteiger charge is 2.25. The minimum Gasteiger partial charge on any atom is -0.498 e. The van der Waals surface area contributed by atoms with Crippen molar-refractivity contribution in [2.24, 2.45) is 5.73 Å². The highest BCUT2D eigenvalue weighted by atomic mass is 31.2. The van der Waals surface area contributed by atoms with Gasteiger partial charge in [-0.25, -0.2) is 4.57 Å². The maximum Gasteiger partial charge on any atom is 0.472 e. The van der Waals surface area contributed by atoms with Gasteiger partial charge in [-0.3, -0.25) is 13.8 Å². The quantitative estimate of drug-likeness (QED) is 0.0209. The summed E-state index contributed by atoms with van der Waals surface area (Å²) in [5.41, 5.74) is 5.36. The molecule has 0 saturated heterocycles. The van der Waals surface area contributed by atoms with Crippen LogP contribution in [-0.2, 0) is 27.9 Å². The van der Waals surface area contributed by atoms with Crippen molar-refractivity contribution >= 4 is 13.8 Å². The maximum atomic E-state index is 12.5. The molecule has 0 amide bonds. The number of rotatable bonds is 40. The van der Waals surface area contributed by atoms with Crippen LogP contribution in [0.15, 0.2) is 48.8 Å². The first kappa shape index (κ1) is 50.3. The summed E-state index contributed by atoms with van der Waals surface area (Å²) in [4.78, 5) is 22.4. The van der Waals surface area contributed by atoms with E-state index in [-0.39, 0.29) is 38.8 Å². The van der Waals surface area contributed by atoms with Crippen molar-refractivity contribution in [1.29, 1.82) is 0 Å². The van der Waals surface area contributed by atoms with Gasteiger partial charge in [0.2, 0.25) is 0 Å². The Morgan fingerprint density at radius 2 is 1.10 bits per heavy atom. The average molecular weight is 754 g/mol. The van der Waals surface area contributed by atoms with E-state index in [0.717, 1.165) is 70.6 Å². The first-order valence-corrected chi connectivity index (χ1v) is 22.7. The van der Waals surface area contributed by atoms with E-state index >= 15 is 0 Å². The highest BCUT2D eigenvalue weighted by Crippen LogP contribution is 2.43. The minimum atomic E-state index is -4.30. The number of allylic oxidation sites excluding steroid dienone is 7. The van der Waals surface area contributed by atoms with E-state index in [1.165, 1.54) is 96.3 Å². The molecule has 0 aromatic carbocycles. The van der Waals surface area contributed by atoms with Gasteiger partial charge < -0.3 is 20.1 Å². The van der Waals surface area contributed by atoms with Gasteiger partial charge in [0.1, 0.15) is 6.61 Å². The van der Waals surface area contributed by atoms with E-state index in [9.17, 15) is 14.3 Å². The van der Waals surface area contributed by atoms with Gasteiger partial charge >= 0.3 is 13.8 Å². The summed E-state index contributed by atoms with van der Waals surface area (Å²) in [7, 11) is -4.30. The molecule has 0 rings (SSSR count). The standard InChI is InChI=1S/C43H80NO7P/c1-3-5-7-9-11-13-15-17-19-20-21-23-25-27-29-31-33-35-38-48-40-42(41-50-52(46,47)49-39-37-44)51-43(45)36-34-32-30-28-26-24-22-18-16-14-12-10-8-6-4-2/h6,8,12,14,18,22,35,38,42H,3-5,7,9-11,13,15-17,19-21,23-34,36-37,39-41,44H2,1-2H3,(H,46,47)/b8-6-,14-12-,22-18-,38-35-/t42-/m1/s1. The van der Waals surface area contributed by atoms with Crippen LogP contribution in [0.5, 0.6) is 0 Å². The van der Waals surface area contributed by atoms with Crippen LogP contribution in [0, 0.1) is 0 Å². The monoisotopic (exact) mass is 754 g/mol. The molecule has 9 heteroatoms. The molecule has 0 heterocycles. The van der Waals surface area contributed by atoms with Crippen molar-refractivity contribution < 1.29 is 32.8 Å². The summed E-state index contributed by atoms with van der Waals surface area (Å²) in [6, 6.07) is 0. The molecule has 0 spiro atoms. The molecule has 0 aromatic rings. The fraction of sp³-hybridized carbons (Fsp3) is 0.791. The molecule has 0 radical (unpaired) electrons. The third-order valence-corrected chi connectivity index (χ3v) is 9.81. The minimum absolute atomic E-state index is 0.0251. The molecule has 8 nitrogen and oxygen atoms in total. The van der Waals surface area contributed by atoms with Gasteiger partial charge in [-0.15, -0.1) is 0 Å². The van der Waals surface area contributed by atoms with Crippen LogP contribution in [0.3, 0.4) is 0 Å². The van der Waals surface area contributed by atoms with Gasteiger partial charge in [0, 0.05) is 13.0 Å². The zero-order valence-electron chi connectivity index (χ0n) is 33.5. The SMILES string of the molecule is CC/C=C\C/C=C\C/C=C\CCCCCCCC(=O)O[C@H](CO/C=C\CCCCCCCCCCCCCCCCCC)COP(=O)(O)OCCN. The summed E-state index contributed by atoms with van der Waals surface area (Å²) >= 11 is 0. The first-order chi connectivity index (χ1) is 25.4. The van der Waals surface area contributed by atoms with E-state index in [4.69, 9.17) is 24.3 Å². The molecule has 0 bridgehead atoms. The van der Waals surface area contributed by atoms with Gasteiger partial charge in [-0.05, 0) is 57.4 Å². The summed E-state index contributed by atoms with van der Waals surface area (Å²) in [6.07, 6.45) is 47.9. The molecule has 1 unspecified atom stereocenters. The number of unbranched alkanes of at least 4 members (excludes halogenated alkanes) is 21. The third kappa shape index (κ3) is 39.5. The second-order valence-electron chi connectivity index (χ2n) is 13.9. The lowest BCUT2D eigenvalue weighted by Gasteiger charge is -2.19. The number of phosphoric acid groups is 1. The molecule has 0 fully saturated rings. The van der Waals surface area contributed by atoms with Crippen molar-refractivity contribution in [2.75, 3.05) is 26.4 Å². The zero-order chi connectivity index (χ0) is 38.1. The highest BCUT2D eigenvalue weighted by molar-refractivity contribution is 7.47. The van der Waals surface area contributed by atoms with Crippen LogP contribution < -0.4 is 5.73 Å². The Labute approximate surface area is 320 Å². The Kier molecular flexibility index (Phi) is 39.2. The van der Waals surface area contributed by atoms with E-state index in [1.54, 1.807) is 6.26 Å². The molecular weight excluding hydrogens is 673 g/mol. The molecular formula is C43H80NO7P. The number of hydrogen-bond acceptors (Lipinski definition) is 7. The number of phosphoric ester groups is 1. The van der Waals surface area contributed by atoms with Crippen LogP contribution in [0.25, 0.3) is 0 Å². The Balaban J connectivity index is 4.10. The second kappa shape index (κ2) is 40.5. The van der Waals surface area contributed by atoms with E-state index < -0.39 is 13.9 Å². The maximum absolute atomic E-state index is 12.5. The van der Waals surface area contributed by atoms with E-state index in [1.807, 2.05) is 6.08 Å². The second-order valence-corrected chi connectivity index (χ2v) is 15.3. The number of hydrogen-bond donors (Lipinski definition) is 2. The molecule has 304 valence electrons. The molecule has 0 saturated carbocycles. The van der Waals surface area contributed by atoms with Crippen molar-refractivity contribution in [1.82, 2.24) is 0 Å². The van der Waals surface area contributed by atoms with Crippen molar-refractivity contribution in [3.63, 3.8) is 0 Å². The van der Waals surface area contributed by atoms with E-state index in [0.29, 0.717) is 0 Å². The van der Waals surface area contributed by atoms with Crippen molar-refractivity contribution in [3.8, 4) is 0 Å².